The van der Waals surface area contributed by atoms with Crippen LogP contribution >= 0.6 is 0 Å². The van der Waals surface area contributed by atoms with E-state index in [1.165, 1.54) is 0 Å². The number of rotatable bonds is 6. The summed E-state index contributed by atoms with van der Waals surface area (Å²) in [4.78, 5) is 0. The minimum Gasteiger partial charge on any atom is -0.598 e. The molecule has 0 bridgehead atoms. The van der Waals surface area contributed by atoms with Crippen LogP contribution in [0.25, 0.3) is 0 Å². The maximum atomic E-state index is 14.2. The summed E-state index contributed by atoms with van der Waals surface area (Å²) in [5.74, 6) is -1.05. The van der Waals surface area contributed by atoms with Crippen LogP contribution in [0.4, 0.5) is 8.78 Å². The van der Waals surface area contributed by atoms with Crippen molar-refractivity contribution in [1.82, 2.24) is 4.72 Å². The van der Waals surface area contributed by atoms with Crippen molar-refractivity contribution in [2.75, 3.05) is 13.2 Å². The van der Waals surface area contributed by atoms with Crippen molar-refractivity contribution in [3.8, 4) is 0 Å². The van der Waals surface area contributed by atoms with Gasteiger partial charge >= 0.3 is 0 Å². The second kappa shape index (κ2) is 8.58. The van der Waals surface area contributed by atoms with Crippen molar-refractivity contribution < 1.29 is 22.8 Å². The van der Waals surface area contributed by atoms with Crippen LogP contribution in [0.5, 0.6) is 0 Å². The fourth-order valence-electron chi connectivity index (χ4n) is 2.37. The molecular formula is C17H25F2NO3S. The van der Waals surface area contributed by atoms with Gasteiger partial charge in [-0.25, -0.2) is 8.78 Å². The van der Waals surface area contributed by atoms with E-state index in [0.717, 1.165) is 24.6 Å². The Kier molecular flexibility index (Phi) is 7.00. The van der Waals surface area contributed by atoms with Crippen molar-refractivity contribution in [3.05, 3.63) is 35.4 Å². The van der Waals surface area contributed by atoms with E-state index in [4.69, 9.17) is 9.47 Å². The number of hydrogen-bond acceptors (Lipinski definition) is 4. The third-order valence-corrected chi connectivity index (χ3v) is 5.34. The highest BCUT2D eigenvalue weighted by Crippen LogP contribution is 2.27. The lowest BCUT2D eigenvalue weighted by atomic mass is 10.0. The molecule has 136 valence electrons. The summed E-state index contributed by atoms with van der Waals surface area (Å²) >= 11 is -1.41. The quantitative estimate of drug-likeness (QED) is 0.787. The first kappa shape index (κ1) is 19.6. The van der Waals surface area contributed by atoms with Crippen molar-refractivity contribution in [3.63, 3.8) is 0 Å². The second-order valence-electron chi connectivity index (χ2n) is 6.82. The molecule has 0 spiro atoms. The van der Waals surface area contributed by atoms with Gasteiger partial charge in [-0.1, -0.05) is 0 Å². The summed E-state index contributed by atoms with van der Waals surface area (Å²) in [7, 11) is 0. The van der Waals surface area contributed by atoms with Crippen LogP contribution in [0.2, 0.25) is 0 Å². The van der Waals surface area contributed by atoms with Crippen LogP contribution < -0.4 is 4.72 Å². The number of benzene rings is 1. The zero-order valence-corrected chi connectivity index (χ0v) is 15.1. The average molecular weight is 361 g/mol. The molecule has 1 aliphatic heterocycles. The van der Waals surface area contributed by atoms with Gasteiger partial charge in [0.1, 0.15) is 16.4 Å². The van der Waals surface area contributed by atoms with Gasteiger partial charge in [0.05, 0.1) is 19.3 Å². The first-order chi connectivity index (χ1) is 11.3. The molecule has 0 radical (unpaired) electrons. The van der Waals surface area contributed by atoms with Crippen molar-refractivity contribution >= 4 is 11.4 Å². The topological polar surface area (TPSA) is 53.5 Å². The molecule has 7 heteroatoms. The summed E-state index contributed by atoms with van der Waals surface area (Å²) in [5, 5.41) is 0. The van der Waals surface area contributed by atoms with Gasteiger partial charge in [0.2, 0.25) is 0 Å². The lowest BCUT2D eigenvalue weighted by Crippen LogP contribution is -2.42. The number of nitrogens with one attached hydrogen (secondary N) is 1. The summed E-state index contributed by atoms with van der Waals surface area (Å²) < 4.78 is 53.5. The molecule has 0 aliphatic carbocycles. The molecule has 1 aromatic carbocycles. The highest BCUT2D eigenvalue weighted by molar-refractivity contribution is 7.90. The summed E-state index contributed by atoms with van der Waals surface area (Å²) in [5.41, 5.74) is 0.170. The Morgan fingerprint density at radius 1 is 1.29 bits per heavy atom. The Morgan fingerprint density at radius 2 is 1.96 bits per heavy atom. The molecule has 0 saturated carbocycles. The Hall–Kier alpha value is -0.730. The minimum atomic E-state index is -1.41. The third kappa shape index (κ3) is 5.67. The predicted molar refractivity (Wildman–Crippen MR) is 89.7 cm³/mol. The normalized spacial score (nSPS) is 19.2. The summed E-state index contributed by atoms with van der Waals surface area (Å²) in [6.45, 7) is 6.73. The molecule has 0 amide bonds. The molecule has 2 unspecified atom stereocenters. The summed E-state index contributed by atoms with van der Waals surface area (Å²) in [6.07, 6.45) is 1.43. The van der Waals surface area contributed by atoms with Crippen LogP contribution in [0.3, 0.4) is 0 Å². The highest BCUT2D eigenvalue weighted by Gasteiger charge is 2.31. The number of ether oxygens (including phenoxy) is 2. The van der Waals surface area contributed by atoms with Gasteiger partial charge in [-0.15, -0.1) is 4.72 Å². The molecule has 2 atom stereocenters. The molecule has 4 nitrogen and oxygen atoms in total. The van der Waals surface area contributed by atoms with Crippen molar-refractivity contribution in [1.29, 1.82) is 0 Å². The molecule has 2 rings (SSSR count). The largest absolute Gasteiger partial charge is 0.598 e. The molecule has 1 heterocycles. The van der Waals surface area contributed by atoms with Gasteiger partial charge in [-0.3, -0.25) is 0 Å². The summed E-state index contributed by atoms with van der Waals surface area (Å²) in [6, 6.07) is 2.72. The lowest BCUT2D eigenvalue weighted by Gasteiger charge is -2.30. The predicted octanol–water partition coefficient (Wildman–Crippen LogP) is 3.60. The molecule has 1 N–H and O–H groups in total. The van der Waals surface area contributed by atoms with E-state index in [1.807, 2.05) is 20.8 Å². The van der Waals surface area contributed by atoms with Crippen LogP contribution in [-0.2, 0) is 20.8 Å². The molecule has 1 aliphatic rings. The van der Waals surface area contributed by atoms with E-state index in [0.29, 0.717) is 26.1 Å². The molecule has 1 saturated heterocycles. The van der Waals surface area contributed by atoms with Gasteiger partial charge in [0.15, 0.2) is 6.29 Å². The van der Waals surface area contributed by atoms with Crippen molar-refractivity contribution in [2.45, 2.75) is 57.1 Å². The Balaban J connectivity index is 2.12. The molecule has 0 aromatic heterocycles. The van der Waals surface area contributed by atoms with E-state index in [1.54, 1.807) is 0 Å². The zero-order chi connectivity index (χ0) is 17.7. The van der Waals surface area contributed by atoms with E-state index in [-0.39, 0.29) is 11.9 Å². The standard InChI is InChI=1S/C17H25F2NO3S/c1-17(2,3)24(21)20-15(7-8-16-22-9-4-10-23-16)13-11-12(18)5-6-14(13)19/h5-6,11,15-16,20H,4,7-10H2,1-3H3. The molecular weight excluding hydrogens is 336 g/mol. The first-order valence-corrected chi connectivity index (χ1v) is 9.28. The highest BCUT2D eigenvalue weighted by atomic mass is 32.2. The van der Waals surface area contributed by atoms with E-state index < -0.39 is 33.8 Å². The number of halogens is 2. The number of hydrogen-bond donors (Lipinski definition) is 1. The van der Waals surface area contributed by atoms with E-state index >= 15 is 0 Å². The Bertz CT molecular complexity index is 533. The van der Waals surface area contributed by atoms with E-state index in [2.05, 4.69) is 4.72 Å². The Morgan fingerprint density at radius 3 is 2.58 bits per heavy atom. The molecule has 24 heavy (non-hydrogen) atoms. The van der Waals surface area contributed by atoms with Gasteiger partial charge in [-0.2, -0.15) is 0 Å². The third-order valence-electron chi connectivity index (χ3n) is 3.73. The maximum Gasteiger partial charge on any atom is 0.157 e. The van der Waals surface area contributed by atoms with Crippen molar-refractivity contribution in [2.24, 2.45) is 0 Å². The van der Waals surface area contributed by atoms with Gasteiger partial charge in [-0.05, 0) is 51.8 Å². The Labute approximate surface area is 145 Å². The first-order valence-electron chi connectivity index (χ1n) is 8.13. The van der Waals surface area contributed by atoms with Crippen LogP contribution in [0, 0.1) is 11.6 Å². The van der Waals surface area contributed by atoms with Crippen LogP contribution in [-0.4, -0.2) is 28.8 Å². The fourth-order valence-corrected chi connectivity index (χ4v) is 3.23. The second-order valence-corrected chi connectivity index (χ2v) is 8.82. The van der Waals surface area contributed by atoms with Crippen LogP contribution in [0.1, 0.15) is 51.6 Å². The smallest absolute Gasteiger partial charge is 0.157 e. The fraction of sp³-hybridized carbons (Fsp3) is 0.647. The SMILES string of the molecule is CC(C)(C)[S+]([O-])NC(CCC1OCCCO1)c1cc(F)ccc1F. The lowest BCUT2D eigenvalue weighted by molar-refractivity contribution is -0.182. The molecule has 1 fully saturated rings. The maximum absolute atomic E-state index is 14.2. The molecule has 1 aromatic rings. The van der Waals surface area contributed by atoms with Gasteiger partial charge < -0.3 is 14.0 Å². The van der Waals surface area contributed by atoms with E-state index in [9.17, 15) is 13.3 Å². The monoisotopic (exact) mass is 361 g/mol. The van der Waals surface area contributed by atoms with Gasteiger partial charge in [0, 0.05) is 23.3 Å². The minimum absolute atomic E-state index is 0.170. The van der Waals surface area contributed by atoms with Crippen LogP contribution in [0.15, 0.2) is 18.2 Å². The zero-order valence-electron chi connectivity index (χ0n) is 14.3. The average Bonchev–Trinajstić information content (AvgIpc) is 2.53. The van der Waals surface area contributed by atoms with Gasteiger partial charge in [0.25, 0.3) is 0 Å².